The Hall–Kier alpha value is -2.37. The Balaban J connectivity index is 1.61. The van der Waals surface area contributed by atoms with Crippen molar-refractivity contribution in [1.82, 2.24) is 10.2 Å². The molecule has 2 aromatic carbocycles. The van der Waals surface area contributed by atoms with Crippen molar-refractivity contribution in [2.24, 2.45) is 0 Å². The van der Waals surface area contributed by atoms with Crippen LogP contribution in [0.4, 0.5) is 0 Å². The highest BCUT2D eigenvalue weighted by molar-refractivity contribution is 5.89. The predicted molar refractivity (Wildman–Crippen MR) is 96.7 cm³/mol. The number of carbonyl (C=O) groups is 1. The summed E-state index contributed by atoms with van der Waals surface area (Å²) in [5.74, 6) is 0.590. The molecule has 1 saturated heterocycles. The number of nitrogens with zero attached hydrogens (tertiary/aromatic N) is 1. The number of rotatable bonds is 6. The molecule has 1 aliphatic heterocycles. The normalized spacial score (nSPS) is 14.9. The number of hydrogen-bond donors (Lipinski definition) is 1. The minimum atomic E-state index is -0.325. The van der Waals surface area contributed by atoms with Crippen LogP contribution in [0.25, 0.3) is 0 Å². The molecule has 25 heavy (non-hydrogen) atoms. The molecule has 5 heteroatoms. The van der Waals surface area contributed by atoms with Crippen molar-refractivity contribution in [2.45, 2.75) is 13.2 Å². The Labute approximate surface area is 148 Å². The lowest BCUT2D eigenvalue weighted by atomic mass is 10.1. The van der Waals surface area contributed by atoms with Gasteiger partial charge in [0.2, 0.25) is 0 Å². The highest BCUT2D eigenvalue weighted by Gasteiger charge is 2.12. The SMILES string of the molecule is COC(=O)c1ccc(COc2ccccc2CN2CCNCC2)cc1. The minimum absolute atomic E-state index is 0.325. The molecule has 0 aliphatic carbocycles. The van der Waals surface area contributed by atoms with Crippen LogP contribution in [0, 0.1) is 0 Å². The van der Waals surface area contributed by atoms with E-state index < -0.39 is 0 Å². The van der Waals surface area contributed by atoms with Gasteiger partial charge in [0.1, 0.15) is 12.4 Å². The number of piperazine rings is 1. The number of para-hydroxylation sites is 1. The van der Waals surface area contributed by atoms with Crippen molar-refractivity contribution < 1.29 is 14.3 Å². The molecule has 0 spiro atoms. The van der Waals surface area contributed by atoms with Gasteiger partial charge in [0.25, 0.3) is 0 Å². The fourth-order valence-corrected chi connectivity index (χ4v) is 2.90. The summed E-state index contributed by atoms with van der Waals surface area (Å²) in [5, 5.41) is 3.37. The second kappa shape index (κ2) is 8.65. The number of hydrogen-bond acceptors (Lipinski definition) is 5. The molecule has 1 N–H and O–H groups in total. The molecule has 5 nitrogen and oxygen atoms in total. The number of methoxy groups -OCH3 is 1. The summed E-state index contributed by atoms with van der Waals surface area (Å²) in [4.78, 5) is 13.9. The van der Waals surface area contributed by atoms with Crippen LogP contribution in [0.1, 0.15) is 21.5 Å². The van der Waals surface area contributed by atoms with Gasteiger partial charge in [-0.1, -0.05) is 30.3 Å². The molecule has 3 rings (SSSR count). The van der Waals surface area contributed by atoms with E-state index in [-0.39, 0.29) is 5.97 Å². The summed E-state index contributed by atoms with van der Waals surface area (Å²) in [6, 6.07) is 15.5. The molecule has 0 aromatic heterocycles. The smallest absolute Gasteiger partial charge is 0.337 e. The maximum atomic E-state index is 11.5. The van der Waals surface area contributed by atoms with E-state index in [1.165, 1.54) is 12.7 Å². The van der Waals surface area contributed by atoms with Crippen LogP contribution in [-0.2, 0) is 17.9 Å². The highest BCUT2D eigenvalue weighted by atomic mass is 16.5. The zero-order valence-corrected chi connectivity index (χ0v) is 14.5. The number of esters is 1. The van der Waals surface area contributed by atoms with Crippen molar-refractivity contribution in [3.63, 3.8) is 0 Å². The van der Waals surface area contributed by atoms with Crippen molar-refractivity contribution >= 4 is 5.97 Å². The molecule has 1 fully saturated rings. The van der Waals surface area contributed by atoms with Gasteiger partial charge in [0.05, 0.1) is 12.7 Å². The standard InChI is InChI=1S/C20H24N2O3/c1-24-20(23)17-8-6-16(7-9-17)15-25-19-5-3-2-4-18(19)14-22-12-10-21-11-13-22/h2-9,21H,10-15H2,1H3. The van der Waals surface area contributed by atoms with Gasteiger partial charge in [-0.15, -0.1) is 0 Å². The predicted octanol–water partition coefficient (Wildman–Crippen LogP) is 2.46. The summed E-state index contributed by atoms with van der Waals surface area (Å²) in [6.07, 6.45) is 0. The van der Waals surface area contributed by atoms with Gasteiger partial charge in [0, 0.05) is 38.3 Å². The third kappa shape index (κ3) is 4.81. The van der Waals surface area contributed by atoms with Crippen LogP contribution in [0.3, 0.4) is 0 Å². The van der Waals surface area contributed by atoms with Gasteiger partial charge in [-0.3, -0.25) is 4.90 Å². The van der Waals surface area contributed by atoms with Gasteiger partial charge in [0.15, 0.2) is 0 Å². The van der Waals surface area contributed by atoms with E-state index in [0.717, 1.165) is 44.0 Å². The molecule has 1 heterocycles. The fourth-order valence-electron chi connectivity index (χ4n) is 2.90. The molecule has 0 bridgehead atoms. The third-order valence-electron chi connectivity index (χ3n) is 4.35. The lowest BCUT2D eigenvalue weighted by molar-refractivity contribution is 0.0600. The molecular weight excluding hydrogens is 316 g/mol. The first-order chi connectivity index (χ1) is 12.3. The van der Waals surface area contributed by atoms with Gasteiger partial charge >= 0.3 is 5.97 Å². The molecule has 1 aliphatic rings. The number of benzene rings is 2. The Morgan fingerprint density at radius 1 is 1.08 bits per heavy atom. The zero-order valence-electron chi connectivity index (χ0n) is 14.5. The number of nitrogens with one attached hydrogen (secondary N) is 1. The van der Waals surface area contributed by atoms with Crippen LogP contribution in [0.5, 0.6) is 5.75 Å². The van der Waals surface area contributed by atoms with E-state index in [4.69, 9.17) is 9.47 Å². The topological polar surface area (TPSA) is 50.8 Å². The molecule has 0 unspecified atom stereocenters. The van der Waals surface area contributed by atoms with E-state index in [0.29, 0.717) is 12.2 Å². The van der Waals surface area contributed by atoms with Crippen molar-refractivity contribution in [3.8, 4) is 5.75 Å². The minimum Gasteiger partial charge on any atom is -0.489 e. The fraction of sp³-hybridized carbons (Fsp3) is 0.350. The molecule has 2 aromatic rings. The average molecular weight is 340 g/mol. The molecular formula is C20H24N2O3. The van der Waals surface area contributed by atoms with E-state index in [1.54, 1.807) is 12.1 Å². The first kappa shape index (κ1) is 17.5. The van der Waals surface area contributed by atoms with Crippen LogP contribution >= 0.6 is 0 Å². The van der Waals surface area contributed by atoms with Gasteiger partial charge < -0.3 is 14.8 Å². The van der Waals surface area contributed by atoms with E-state index in [2.05, 4.69) is 22.3 Å². The van der Waals surface area contributed by atoms with E-state index in [9.17, 15) is 4.79 Å². The Morgan fingerprint density at radius 3 is 2.52 bits per heavy atom. The van der Waals surface area contributed by atoms with E-state index in [1.807, 2.05) is 24.3 Å². The highest BCUT2D eigenvalue weighted by Crippen LogP contribution is 2.21. The van der Waals surface area contributed by atoms with Crippen molar-refractivity contribution in [1.29, 1.82) is 0 Å². The average Bonchev–Trinajstić information content (AvgIpc) is 2.68. The van der Waals surface area contributed by atoms with Gasteiger partial charge in [-0.2, -0.15) is 0 Å². The lowest BCUT2D eigenvalue weighted by Gasteiger charge is -2.27. The largest absolute Gasteiger partial charge is 0.489 e. The van der Waals surface area contributed by atoms with Gasteiger partial charge in [-0.05, 0) is 23.8 Å². The lowest BCUT2D eigenvalue weighted by Crippen LogP contribution is -2.42. The van der Waals surface area contributed by atoms with E-state index >= 15 is 0 Å². The van der Waals surface area contributed by atoms with Crippen LogP contribution in [0.2, 0.25) is 0 Å². The summed E-state index contributed by atoms with van der Waals surface area (Å²) in [6.45, 7) is 5.57. The summed E-state index contributed by atoms with van der Waals surface area (Å²) in [7, 11) is 1.38. The number of ether oxygens (including phenoxy) is 2. The number of carbonyl (C=O) groups excluding carboxylic acids is 1. The summed E-state index contributed by atoms with van der Waals surface area (Å²) >= 11 is 0. The molecule has 0 atom stereocenters. The quantitative estimate of drug-likeness (QED) is 0.819. The van der Waals surface area contributed by atoms with Crippen LogP contribution < -0.4 is 10.1 Å². The Bertz CT molecular complexity index is 694. The molecule has 0 amide bonds. The van der Waals surface area contributed by atoms with Crippen molar-refractivity contribution in [2.75, 3.05) is 33.3 Å². The first-order valence-corrected chi connectivity index (χ1v) is 8.57. The Morgan fingerprint density at radius 2 is 1.80 bits per heavy atom. The summed E-state index contributed by atoms with van der Waals surface area (Å²) < 4.78 is 10.7. The van der Waals surface area contributed by atoms with Gasteiger partial charge in [-0.25, -0.2) is 4.79 Å². The van der Waals surface area contributed by atoms with Crippen LogP contribution in [0.15, 0.2) is 48.5 Å². The molecule has 0 saturated carbocycles. The molecule has 132 valence electrons. The second-order valence-corrected chi connectivity index (χ2v) is 6.11. The maximum Gasteiger partial charge on any atom is 0.337 e. The third-order valence-corrected chi connectivity index (χ3v) is 4.35. The zero-order chi connectivity index (χ0) is 17.5. The monoisotopic (exact) mass is 340 g/mol. The molecule has 0 radical (unpaired) electrons. The second-order valence-electron chi connectivity index (χ2n) is 6.11. The van der Waals surface area contributed by atoms with Crippen molar-refractivity contribution in [3.05, 3.63) is 65.2 Å². The summed E-state index contributed by atoms with van der Waals surface area (Å²) in [5.41, 5.74) is 2.77. The Kier molecular flexibility index (Phi) is 6.04. The maximum absolute atomic E-state index is 11.5. The van der Waals surface area contributed by atoms with Crippen LogP contribution in [-0.4, -0.2) is 44.2 Å². The first-order valence-electron chi connectivity index (χ1n) is 8.57.